The number of benzene rings is 2. The molecule has 2 aromatic rings. The van der Waals surface area contributed by atoms with Gasteiger partial charge in [-0.3, -0.25) is 19.7 Å². The number of nitrogens with zero attached hydrogens (tertiary/aromatic N) is 3. The van der Waals surface area contributed by atoms with Gasteiger partial charge in [-0.15, -0.1) is 0 Å². The second kappa shape index (κ2) is 5.21. The van der Waals surface area contributed by atoms with Crippen LogP contribution in [0.5, 0.6) is 0 Å². The molecule has 0 aromatic heterocycles. The van der Waals surface area contributed by atoms with E-state index >= 15 is 0 Å². The lowest BCUT2D eigenvalue weighted by Crippen LogP contribution is -2.23. The minimum atomic E-state index is -0.509. The van der Waals surface area contributed by atoms with Crippen molar-refractivity contribution in [1.29, 1.82) is 0 Å². The first-order chi connectivity index (χ1) is 10.6. The third kappa shape index (κ3) is 2.24. The molecule has 1 aliphatic rings. The zero-order valence-electron chi connectivity index (χ0n) is 11.2. The van der Waals surface area contributed by atoms with Crippen LogP contribution in [0.3, 0.4) is 0 Å². The average molecular weight is 295 g/mol. The zero-order chi connectivity index (χ0) is 15.7. The number of hydrazone groups is 1. The average Bonchev–Trinajstić information content (AvgIpc) is 2.78. The Morgan fingerprint density at radius 2 is 1.50 bits per heavy atom. The maximum atomic E-state index is 12.1. The molecule has 0 fully saturated rings. The van der Waals surface area contributed by atoms with Crippen LogP contribution in [0.15, 0.2) is 53.6 Å². The lowest BCUT2D eigenvalue weighted by molar-refractivity contribution is -0.384. The molecular weight excluding hydrogens is 286 g/mol. The summed E-state index contributed by atoms with van der Waals surface area (Å²) in [6.07, 6.45) is 1.31. The van der Waals surface area contributed by atoms with Gasteiger partial charge in [-0.25, -0.2) is 0 Å². The number of non-ortho nitro benzene ring substituents is 1. The van der Waals surface area contributed by atoms with Crippen molar-refractivity contribution in [3.05, 3.63) is 75.3 Å². The minimum Gasteiger partial charge on any atom is -0.267 e. The number of carbonyl (C=O) groups is 2. The molecule has 0 spiro atoms. The molecule has 1 heterocycles. The molecule has 7 nitrogen and oxygen atoms in total. The Labute approximate surface area is 124 Å². The zero-order valence-corrected chi connectivity index (χ0v) is 11.2. The van der Waals surface area contributed by atoms with Gasteiger partial charge in [-0.2, -0.15) is 10.1 Å². The molecule has 108 valence electrons. The highest BCUT2D eigenvalue weighted by atomic mass is 16.6. The molecule has 0 N–H and O–H groups in total. The molecule has 2 aromatic carbocycles. The first-order valence-electron chi connectivity index (χ1n) is 6.34. The van der Waals surface area contributed by atoms with Crippen LogP contribution < -0.4 is 0 Å². The fourth-order valence-corrected chi connectivity index (χ4v) is 2.09. The van der Waals surface area contributed by atoms with E-state index in [0.717, 1.165) is 5.01 Å². The SMILES string of the molecule is O=C1c2ccccc2C(=O)N1N=Cc1ccc([N+](=O)[O-])cc1. The fraction of sp³-hybridized carbons (Fsp3) is 0. The first kappa shape index (κ1) is 13.6. The predicted molar refractivity (Wildman–Crippen MR) is 77.6 cm³/mol. The third-order valence-corrected chi connectivity index (χ3v) is 3.20. The van der Waals surface area contributed by atoms with E-state index in [4.69, 9.17) is 0 Å². The molecule has 0 saturated carbocycles. The van der Waals surface area contributed by atoms with Crippen molar-refractivity contribution in [2.75, 3.05) is 0 Å². The Hall–Kier alpha value is -3.35. The molecule has 0 aliphatic carbocycles. The predicted octanol–water partition coefficient (Wildman–Crippen LogP) is 2.22. The van der Waals surface area contributed by atoms with Gasteiger partial charge in [0.25, 0.3) is 17.5 Å². The van der Waals surface area contributed by atoms with Crippen molar-refractivity contribution in [3.8, 4) is 0 Å². The molecule has 3 rings (SSSR count). The third-order valence-electron chi connectivity index (χ3n) is 3.20. The molecule has 1 aliphatic heterocycles. The van der Waals surface area contributed by atoms with Crippen LogP contribution in [0.1, 0.15) is 26.3 Å². The highest BCUT2D eigenvalue weighted by molar-refractivity contribution is 6.21. The van der Waals surface area contributed by atoms with Crippen LogP contribution in [0.4, 0.5) is 5.69 Å². The van der Waals surface area contributed by atoms with E-state index in [-0.39, 0.29) is 5.69 Å². The second-order valence-electron chi connectivity index (χ2n) is 4.56. The summed E-state index contributed by atoms with van der Waals surface area (Å²) in [4.78, 5) is 34.2. The van der Waals surface area contributed by atoms with Crippen molar-refractivity contribution in [3.63, 3.8) is 0 Å². The van der Waals surface area contributed by atoms with Gasteiger partial charge in [0, 0.05) is 12.1 Å². The highest BCUT2D eigenvalue weighted by Crippen LogP contribution is 2.22. The molecule has 2 amide bonds. The summed E-state index contributed by atoms with van der Waals surface area (Å²) in [6, 6.07) is 12.1. The lowest BCUT2D eigenvalue weighted by atomic mass is 10.1. The Balaban J connectivity index is 1.83. The Morgan fingerprint density at radius 3 is 2.00 bits per heavy atom. The molecule has 22 heavy (non-hydrogen) atoms. The summed E-state index contributed by atoms with van der Waals surface area (Å²) >= 11 is 0. The van der Waals surface area contributed by atoms with Crippen LogP contribution >= 0.6 is 0 Å². The van der Waals surface area contributed by atoms with E-state index in [1.54, 1.807) is 24.3 Å². The van der Waals surface area contributed by atoms with Crippen LogP contribution in [-0.4, -0.2) is 28.0 Å². The summed E-state index contributed by atoms with van der Waals surface area (Å²) in [6.45, 7) is 0. The number of carbonyl (C=O) groups excluding carboxylic acids is 2. The van der Waals surface area contributed by atoms with E-state index in [0.29, 0.717) is 16.7 Å². The van der Waals surface area contributed by atoms with Gasteiger partial charge in [0.15, 0.2) is 0 Å². The molecule has 0 bridgehead atoms. The van der Waals surface area contributed by atoms with E-state index in [1.165, 1.54) is 30.5 Å². The number of nitro benzene ring substituents is 1. The fourth-order valence-electron chi connectivity index (χ4n) is 2.09. The smallest absolute Gasteiger partial charge is 0.267 e. The number of hydrogen-bond donors (Lipinski definition) is 0. The van der Waals surface area contributed by atoms with Crippen LogP contribution in [0, 0.1) is 10.1 Å². The molecule has 0 radical (unpaired) electrons. The van der Waals surface area contributed by atoms with Crippen molar-refractivity contribution in [1.82, 2.24) is 5.01 Å². The van der Waals surface area contributed by atoms with Gasteiger partial charge < -0.3 is 0 Å². The topological polar surface area (TPSA) is 92.9 Å². The standard InChI is InChI=1S/C15H9N3O4/c19-14-12-3-1-2-4-13(12)15(20)17(14)16-9-10-5-7-11(8-6-10)18(21)22/h1-9H. The number of nitro groups is 1. The van der Waals surface area contributed by atoms with Gasteiger partial charge >= 0.3 is 0 Å². The summed E-state index contributed by atoms with van der Waals surface area (Å²) in [5.74, 6) is -0.975. The Bertz CT molecular complexity index is 777. The van der Waals surface area contributed by atoms with Gasteiger partial charge in [0.1, 0.15) is 0 Å². The summed E-state index contributed by atoms with van der Waals surface area (Å²) in [5.41, 5.74) is 1.13. The Morgan fingerprint density at radius 1 is 0.955 bits per heavy atom. The van der Waals surface area contributed by atoms with E-state index in [2.05, 4.69) is 5.10 Å². The lowest BCUT2D eigenvalue weighted by Gasteiger charge is -2.05. The quantitative estimate of drug-likeness (QED) is 0.375. The van der Waals surface area contributed by atoms with Gasteiger partial charge in [0.05, 0.1) is 22.3 Å². The van der Waals surface area contributed by atoms with Gasteiger partial charge in [-0.1, -0.05) is 12.1 Å². The van der Waals surface area contributed by atoms with Crippen LogP contribution in [0.2, 0.25) is 0 Å². The highest BCUT2D eigenvalue weighted by Gasteiger charge is 2.35. The molecule has 0 atom stereocenters. The van der Waals surface area contributed by atoms with Crippen LogP contribution in [-0.2, 0) is 0 Å². The van der Waals surface area contributed by atoms with E-state index in [1.807, 2.05) is 0 Å². The molecule has 0 saturated heterocycles. The van der Waals surface area contributed by atoms with E-state index < -0.39 is 16.7 Å². The summed E-state index contributed by atoms with van der Waals surface area (Å²) < 4.78 is 0. The van der Waals surface area contributed by atoms with Crippen molar-refractivity contribution in [2.24, 2.45) is 5.10 Å². The minimum absolute atomic E-state index is 0.0436. The molecule has 0 unspecified atom stereocenters. The normalized spacial score (nSPS) is 13.7. The second-order valence-corrected chi connectivity index (χ2v) is 4.56. The number of amides is 2. The van der Waals surface area contributed by atoms with Crippen molar-refractivity contribution >= 4 is 23.7 Å². The van der Waals surface area contributed by atoms with E-state index in [9.17, 15) is 19.7 Å². The number of hydrogen-bond acceptors (Lipinski definition) is 5. The number of fused-ring (bicyclic) bond motifs is 1. The Kier molecular flexibility index (Phi) is 3.23. The van der Waals surface area contributed by atoms with Crippen molar-refractivity contribution in [2.45, 2.75) is 0 Å². The largest absolute Gasteiger partial charge is 0.282 e. The number of rotatable bonds is 3. The summed E-state index contributed by atoms with van der Waals surface area (Å²) in [5, 5.41) is 15.2. The van der Waals surface area contributed by atoms with Crippen LogP contribution in [0.25, 0.3) is 0 Å². The maximum absolute atomic E-state index is 12.1. The van der Waals surface area contributed by atoms with Crippen molar-refractivity contribution < 1.29 is 14.5 Å². The summed E-state index contributed by atoms with van der Waals surface area (Å²) in [7, 11) is 0. The molecule has 7 heteroatoms. The molecular formula is C15H9N3O4. The first-order valence-corrected chi connectivity index (χ1v) is 6.34. The number of imide groups is 1. The van der Waals surface area contributed by atoms with Gasteiger partial charge in [-0.05, 0) is 29.8 Å². The maximum Gasteiger partial charge on any atom is 0.282 e. The van der Waals surface area contributed by atoms with Gasteiger partial charge in [0.2, 0.25) is 0 Å². The monoisotopic (exact) mass is 295 g/mol.